The molecular weight excluding hydrogens is 380 g/mol. The average molecular weight is 404 g/mol. The lowest BCUT2D eigenvalue weighted by molar-refractivity contribution is -0.122. The summed E-state index contributed by atoms with van der Waals surface area (Å²) in [4.78, 5) is 37.5. The first-order valence-electron chi connectivity index (χ1n) is 8.99. The maximum atomic E-state index is 12.6. The first kappa shape index (κ1) is 22.1. The average Bonchev–Trinajstić information content (AvgIpc) is 2.74. The molecule has 9 heteroatoms. The molecule has 0 unspecified atom stereocenters. The number of amides is 1. The van der Waals surface area contributed by atoms with Gasteiger partial charge in [0.1, 0.15) is 11.3 Å². The standard InChI is InChI=1S/C19H22N2O5.CH2O2/c1-26-14-4-2-12(3-5-14)16-7-6-15(18(24)20-16)19(25)21-9-8-13(11-22)17(23)10-21;2-1-3/h2-7,13,17,22-23H,8-11H2,1H3,(H,20,24);1H,(H,2,3)/t13-,17+;/m1./s1. The van der Waals surface area contributed by atoms with Crippen LogP contribution in [0.1, 0.15) is 16.8 Å². The number of aromatic amines is 1. The van der Waals surface area contributed by atoms with Gasteiger partial charge in [0, 0.05) is 31.3 Å². The quantitative estimate of drug-likeness (QED) is 0.546. The second kappa shape index (κ2) is 10.4. The highest BCUT2D eigenvalue weighted by atomic mass is 16.5. The minimum atomic E-state index is -0.782. The van der Waals surface area contributed by atoms with Gasteiger partial charge in [-0.2, -0.15) is 0 Å². The highest BCUT2D eigenvalue weighted by molar-refractivity contribution is 5.94. The zero-order chi connectivity index (χ0) is 21.4. The van der Waals surface area contributed by atoms with E-state index in [2.05, 4.69) is 4.98 Å². The van der Waals surface area contributed by atoms with Gasteiger partial charge >= 0.3 is 0 Å². The fourth-order valence-electron chi connectivity index (χ4n) is 3.13. The SMILES string of the molecule is COc1ccc(-c2ccc(C(=O)N3CC[C@H](CO)[C@@H](O)C3)c(=O)[nH]2)cc1.O=CO. The number of hydrogen-bond acceptors (Lipinski definition) is 6. The largest absolute Gasteiger partial charge is 0.497 e. The summed E-state index contributed by atoms with van der Waals surface area (Å²) in [5.41, 5.74) is 0.980. The predicted molar refractivity (Wildman–Crippen MR) is 105 cm³/mol. The zero-order valence-electron chi connectivity index (χ0n) is 15.9. The van der Waals surface area contributed by atoms with E-state index in [0.29, 0.717) is 24.4 Å². The molecule has 1 aliphatic rings. The predicted octanol–water partition coefficient (Wildman–Crippen LogP) is 0.567. The Morgan fingerprint density at radius 2 is 1.93 bits per heavy atom. The third kappa shape index (κ3) is 5.43. The van der Waals surface area contributed by atoms with E-state index in [1.54, 1.807) is 25.3 Å². The summed E-state index contributed by atoms with van der Waals surface area (Å²) in [7, 11) is 1.58. The van der Waals surface area contributed by atoms with E-state index < -0.39 is 17.6 Å². The number of ether oxygens (including phenoxy) is 1. The van der Waals surface area contributed by atoms with Gasteiger partial charge in [-0.15, -0.1) is 0 Å². The van der Waals surface area contributed by atoms with Crippen LogP contribution in [0, 0.1) is 5.92 Å². The molecule has 3 rings (SSSR count). The molecular formula is C20H24N2O7. The summed E-state index contributed by atoms with van der Waals surface area (Å²) in [5.74, 6) is 0.0745. The molecule has 0 radical (unpaired) electrons. The van der Waals surface area contributed by atoms with Gasteiger partial charge in [0.25, 0.3) is 17.9 Å². The van der Waals surface area contributed by atoms with E-state index in [-0.39, 0.29) is 31.1 Å². The van der Waals surface area contributed by atoms with Crippen molar-refractivity contribution in [2.75, 3.05) is 26.8 Å². The molecule has 1 aromatic carbocycles. The van der Waals surface area contributed by atoms with Gasteiger partial charge in [0.15, 0.2) is 0 Å². The number of nitrogens with zero attached hydrogens (tertiary/aromatic N) is 1. The van der Waals surface area contributed by atoms with E-state index in [1.165, 1.54) is 11.0 Å². The summed E-state index contributed by atoms with van der Waals surface area (Å²) in [5, 5.41) is 26.1. The van der Waals surface area contributed by atoms with Gasteiger partial charge in [-0.05, 0) is 48.4 Å². The summed E-state index contributed by atoms with van der Waals surface area (Å²) < 4.78 is 5.11. The van der Waals surface area contributed by atoms with Crippen molar-refractivity contribution in [3.05, 3.63) is 52.3 Å². The highest BCUT2D eigenvalue weighted by Crippen LogP contribution is 2.21. The van der Waals surface area contributed by atoms with Crippen molar-refractivity contribution in [1.29, 1.82) is 0 Å². The molecule has 0 spiro atoms. The Kier molecular flexibility index (Phi) is 7.93. The third-order valence-corrected chi connectivity index (χ3v) is 4.78. The molecule has 1 amide bonds. The summed E-state index contributed by atoms with van der Waals surface area (Å²) in [6, 6.07) is 10.4. The molecule has 4 N–H and O–H groups in total. The van der Waals surface area contributed by atoms with Crippen LogP contribution in [0.25, 0.3) is 11.3 Å². The molecule has 2 heterocycles. The second-order valence-corrected chi connectivity index (χ2v) is 6.50. The van der Waals surface area contributed by atoms with Crippen molar-refractivity contribution in [3.63, 3.8) is 0 Å². The third-order valence-electron chi connectivity index (χ3n) is 4.78. The van der Waals surface area contributed by atoms with Gasteiger partial charge in [-0.25, -0.2) is 0 Å². The molecule has 0 aliphatic carbocycles. The zero-order valence-corrected chi connectivity index (χ0v) is 15.9. The number of carbonyl (C=O) groups is 2. The lowest BCUT2D eigenvalue weighted by Crippen LogP contribution is -2.48. The van der Waals surface area contributed by atoms with Crippen LogP contribution in [0.5, 0.6) is 5.75 Å². The molecule has 1 aromatic heterocycles. The molecule has 1 saturated heterocycles. The van der Waals surface area contributed by atoms with Crippen LogP contribution in [0.2, 0.25) is 0 Å². The lowest BCUT2D eigenvalue weighted by atomic mass is 9.94. The number of aliphatic hydroxyl groups excluding tert-OH is 2. The van der Waals surface area contributed by atoms with E-state index in [9.17, 15) is 19.8 Å². The number of pyridine rings is 1. The summed E-state index contributed by atoms with van der Waals surface area (Å²) in [6.45, 7) is 0.158. The number of aromatic nitrogens is 1. The van der Waals surface area contributed by atoms with Gasteiger partial charge in [-0.1, -0.05) is 0 Å². The number of carboxylic acid groups (broad SMARTS) is 1. The number of methoxy groups -OCH3 is 1. The number of hydrogen-bond donors (Lipinski definition) is 4. The van der Waals surface area contributed by atoms with Crippen molar-refractivity contribution < 1.29 is 29.6 Å². The van der Waals surface area contributed by atoms with Crippen LogP contribution in [0.4, 0.5) is 0 Å². The van der Waals surface area contributed by atoms with Crippen molar-refractivity contribution in [3.8, 4) is 17.0 Å². The second-order valence-electron chi connectivity index (χ2n) is 6.50. The van der Waals surface area contributed by atoms with Crippen molar-refractivity contribution in [1.82, 2.24) is 9.88 Å². The van der Waals surface area contributed by atoms with E-state index in [1.807, 2.05) is 12.1 Å². The van der Waals surface area contributed by atoms with Crippen LogP contribution in [-0.4, -0.2) is 70.5 Å². The Balaban J connectivity index is 0.000000941. The Morgan fingerprint density at radius 1 is 1.28 bits per heavy atom. The van der Waals surface area contributed by atoms with Crippen molar-refractivity contribution >= 4 is 12.4 Å². The Bertz CT molecular complexity index is 879. The van der Waals surface area contributed by atoms with E-state index in [4.69, 9.17) is 14.6 Å². The molecule has 0 saturated carbocycles. The monoisotopic (exact) mass is 404 g/mol. The van der Waals surface area contributed by atoms with Crippen LogP contribution in [0.3, 0.4) is 0 Å². The van der Waals surface area contributed by atoms with E-state index >= 15 is 0 Å². The molecule has 0 bridgehead atoms. The number of aliphatic hydroxyl groups is 2. The first-order valence-corrected chi connectivity index (χ1v) is 8.99. The molecule has 2 aromatic rings. The fraction of sp³-hybridized carbons (Fsp3) is 0.350. The Labute approximate surface area is 167 Å². The molecule has 1 fully saturated rings. The number of carbonyl (C=O) groups excluding carboxylic acids is 1. The summed E-state index contributed by atoms with van der Waals surface area (Å²) >= 11 is 0. The van der Waals surface area contributed by atoms with Crippen molar-refractivity contribution in [2.24, 2.45) is 5.92 Å². The van der Waals surface area contributed by atoms with Gasteiger partial charge in [-0.3, -0.25) is 14.4 Å². The minimum Gasteiger partial charge on any atom is -0.497 e. The van der Waals surface area contributed by atoms with Crippen LogP contribution >= 0.6 is 0 Å². The number of benzene rings is 1. The van der Waals surface area contributed by atoms with Crippen LogP contribution in [-0.2, 0) is 4.79 Å². The summed E-state index contributed by atoms with van der Waals surface area (Å²) in [6.07, 6.45) is -0.277. The van der Waals surface area contributed by atoms with Gasteiger partial charge in [0.2, 0.25) is 0 Å². The molecule has 1 aliphatic heterocycles. The number of nitrogens with one attached hydrogen (secondary N) is 1. The maximum absolute atomic E-state index is 12.6. The fourth-order valence-corrected chi connectivity index (χ4v) is 3.13. The first-order chi connectivity index (χ1) is 13.9. The van der Waals surface area contributed by atoms with Crippen LogP contribution in [0.15, 0.2) is 41.2 Å². The Morgan fingerprint density at radius 3 is 2.45 bits per heavy atom. The number of rotatable bonds is 4. The maximum Gasteiger partial charge on any atom is 0.290 e. The molecule has 29 heavy (non-hydrogen) atoms. The molecule has 156 valence electrons. The molecule has 2 atom stereocenters. The number of β-amino-alcohol motifs (C(OH)–C–C–N with tert-alkyl or cyclic N) is 1. The number of H-pyrrole nitrogens is 1. The van der Waals surface area contributed by atoms with Crippen LogP contribution < -0.4 is 10.3 Å². The topological polar surface area (TPSA) is 140 Å². The Hall–Kier alpha value is -3.17. The highest BCUT2D eigenvalue weighted by Gasteiger charge is 2.30. The van der Waals surface area contributed by atoms with Crippen molar-refractivity contribution in [2.45, 2.75) is 12.5 Å². The lowest BCUT2D eigenvalue weighted by Gasteiger charge is -2.35. The number of piperidine rings is 1. The minimum absolute atomic E-state index is 0.0388. The van der Waals surface area contributed by atoms with E-state index in [0.717, 1.165) is 5.56 Å². The number of likely N-dealkylation sites (tertiary alicyclic amines) is 1. The van der Waals surface area contributed by atoms with Gasteiger partial charge < -0.3 is 29.9 Å². The molecule has 9 nitrogen and oxygen atoms in total. The van der Waals surface area contributed by atoms with Gasteiger partial charge in [0.05, 0.1) is 13.2 Å². The normalized spacial score (nSPS) is 18.4. The smallest absolute Gasteiger partial charge is 0.290 e.